The Balaban J connectivity index is 1.42. The van der Waals surface area contributed by atoms with Crippen molar-refractivity contribution in [3.05, 3.63) is 53.6 Å². The number of aliphatic imine (C=N–C) groups is 1. The number of hydrogen-bond acceptors (Lipinski definition) is 4. The maximum atomic E-state index is 6.11. The number of ether oxygens (including phenoxy) is 3. The number of para-hydroxylation sites is 1. The van der Waals surface area contributed by atoms with E-state index in [1.54, 1.807) is 0 Å². The SMILES string of the molecule is NC(=NCc1ccc2c(c1)OCCCO2)NC1CCOc2ccccc21. The summed E-state index contributed by atoms with van der Waals surface area (Å²) in [6.07, 6.45) is 1.75. The number of benzene rings is 2. The summed E-state index contributed by atoms with van der Waals surface area (Å²) < 4.78 is 17.1. The zero-order valence-corrected chi connectivity index (χ0v) is 14.6. The van der Waals surface area contributed by atoms with Crippen LogP contribution in [0.25, 0.3) is 0 Å². The lowest BCUT2D eigenvalue weighted by molar-refractivity contribution is 0.262. The van der Waals surface area contributed by atoms with Crippen molar-refractivity contribution in [1.82, 2.24) is 5.32 Å². The van der Waals surface area contributed by atoms with Crippen LogP contribution in [0.5, 0.6) is 17.2 Å². The van der Waals surface area contributed by atoms with Crippen LogP contribution in [-0.2, 0) is 6.54 Å². The molecule has 4 rings (SSSR count). The van der Waals surface area contributed by atoms with Crippen molar-refractivity contribution in [1.29, 1.82) is 0 Å². The molecule has 0 saturated carbocycles. The number of fused-ring (bicyclic) bond motifs is 2. The van der Waals surface area contributed by atoms with Gasteiger partial charge in [-0.05, 0) is 23.8 Å². The van der Waals surface area contributed by atoms with E-state index in [0.717, 1.165) is 41.2 Å². The summed E-state index contributed by atoms with van der Waals surface area (Å²) in [6.45, 7) is 2.52. The molecular formula is C20H23N3O3. The third-order valence-electron chi connectivity index (χ3n) is 4.52. The van der Waals surface area contributed by atoms with E-state index in [9.17, 15) is 0 Å². The summed E-state index contributed by atoms with van der Waals surface area (Å²) in [6, 6.07) is 14.0. The largest absolute Gasteiger partial charge is 0.493 e. The minimum atomic E-state index is 0.118. The van der Waals surface area contributed by atoms with Crippen LogP contribution >= 0.6 is 0 Å². The molecule has 2 aliphatic rings. The molecule has 136 valence electrons. The highest BCUT2D eigenvalue weighted by Gasteiger charge is 2.21. The average molecular weight is 353 g/mol. The Hall–Kier alpha value is -2.89. The van der Waals surface area contributed by atoms with Gasteiger partial charge in [0, 0.05) is 18.4 Å². The van der Waals surface area contributed by atoms with Gasteiger partial charge in [0.25, 0.3) is 0 Å². The molecule has 3 N–H and O–H groups in total. The van der Waals surface area contributed by atoms with Gasteiger partial charge in [-0.2, -0.15) is 0 Å². The predicted octanol–water partition coefficient (Wildman–Crippen LogP) is 2.78. The number of nitrogens with zero attached hydrogens (tertiary/aromatic N) is 1. The lowest BCUT2D eigenvalue weighted by atomic mass is 10.0. The first-order chi connectivity index (χ1) is 12.8. The quantitative estimate of drug-likeness (QED) is 0.655. The standard InChI is InChI=1S/C20H23N3O3/c21-20(23-16-8-11-26-17-5-2-1-4-15(16)17)22-13-14-6-7-18-19(12-14)25-10-3-9-24-18/h1-2,4-7,12,16H,3,8-11,13H2,(H3,21,22,23). The first-order valence-corrected chi connectivity index (χ1v) is 8.96. The molecule has 0 fully saturated rings. The Morgan fingerprint density at radius 2 is 1.81 bits per heavy atom. The van der Waals surface area contributed by atoms with Crippen LogP contribution in [0.1, 0.15) is 30.0 Å². The Labute approximate surface area is 153 Å². The van der Waals surface area contributed by atoms with Gasteiger partial charge in [-0.3, -0.25) is 0 Å². The number of rotatable bonds is 3. The molecule has 0 radical (unpaired) electrons. The molecule has 0 spiro atoms. The summed E-state index contributed by atoms with van der Waals surface area (Å²) in [5.41, 5.74) is 8.27. The van der Waals surface area contributed by atoms with E-state index >= 15 is 0 Å². The summed E-state index contributed by atoms with van der Waals surface area (Å²) in [4.78, 5) is 4.48. The van der Waals surface area contributed by atoms with Gasteiger partial charge in [-0.25, -0.2) is 4.99 Å². The van der Waals surface area contributed by atoms with E-state index in [4.69, 9.17) is 19.9 Å². The van der Waals surface area contributed by atoms with Crippen LogP contribution in [0.3, 0.4) is 0 Å². The molecule has 0 aromatic heterocycles. The number of nitrogens with one attached hydrogen (secondary N) is 1. The summed E-state index contributed by atoms with van der Waals surface area (Å²) >= 11 is 0. The maximum absolute atomic E-state index is 6.11. The minimum Gasteiger partial charge on any atom is -0.493 e. The molecule has 0 aliphatic carbocycles. The minimum absolute atomic E-state index is 0.118. The van der Waals surface area contributed by atoms with Crippen LogP contribution in [0.2, 0.25) is 0 Å². The number of hydrogen-bond donors (Lipinski definition) is 2. The van der Waals surface area contributed by atoms with E-state index in [1.807, 2.05) is 36.4 Å². The van der Waals surface area contributed by atoms with E-state index in [1.165, 1.54) is 0 Å². The molecule has 26 heavy (non-hydrogen) atoms. The second kappa shape index (κ2) is 7.56. The fourth-order valence-electron chi connectivity index (χ4n) is 3.20. The van der Waals surface area contributed by atoms with Crippen molar-refractivity contribution in [2.24, 2.45) is 10.7 Å². The van der Waals surface area contributed by atoms with Crippen molar-refractivity contribution >= 4 is 5.96 Å². The van der Waals surface area contributed by atoms with Crippen molar-refractivity contribution < 1.29 is 14.2 Å². The van der Waals surface area contributed by atoms with E-state index in [-0.39, 0.29) is 6.04 Å². The maximum Gasteiger partial charge on any atom is 0.189 e. The van der Waals surface area contributed by atoms with Crippen molar-refractivity contribution in [2.45, 2.75) is 25.4 Å². The van der Waals surface area contributed by atoms with Gasteiger partial charge >= 0.3 is 0 Å². The Morgan fingerprint density at radius 1 is 1.00 bits per heavy atom. The van der Waals surface area contributed by atoms with E-state index in [0.29, 0.717) is 32.3 Å². The molecule has 2 heterocycles. The Bertz CT molecular complexity index is 807. The van der Waals surface area contributed by atoms with Crippen LogP contribution in [-0.4, -0.2) is 25.8 Å². The third kappa shape index (κ3) is 3.69. The molecule has 0 bridgehead atoms. The Morgan fingerprint density at radius 3 is 2.73 bits per heavy atom. The zero-order chi connectivity index (χ0) is 17.8. The second-order valence-corrected chi connectivity index (χ2v) is 6.40. The van der Waals surface area contributed by atoms with Gasteiger partial charge < -0.3 is 25.3 Å². The molecule has 0 amide bonds. The monoisotopic (exact) mass is 353 g/mol. The fraction of sp³-hybridized carbons (Fsp3) is 0.350. The van der Waals surface area contributed by atoms with Crippen molar-refractivity contribution in [2.75, 3.05) is 19.8 Å². The lowest BCUT2D eigenvalue weighted by Crippen LogP contribution is -2.37. The highest BCUT2D eigenvalue weighted by Crippen LogP contribution is 2.32. The lowest BCUT2D eigenvalue weighted by Gasteiger charge is -2.26. The molecule has 2 aliphatic heterocycles. The molecular weight excluding hydrogens is 330 g/mol. The van der Waals surface area contributed by atoms with Gasteiger partial charge in [0.2, 0.25) is 0 Å². The third-order valence-corrected chi connectivity index (χ3v) is 4.52. The highest BCUT2D eigenvalue weighted by molar-refractivity contribution is 5.78. The van der Waals surface area contributed by atoms with Crippen LogP contribution in [0, 0.1) is 0 Å². The first kappa shape index (κ1) is 16.6. The molecule has 1 unspecified atom stereocenters. The van der Waals surface area contributed by atoms with Gasteiger partial charge in [-0.15, -0.1) is 0 Å². The van der Waals surface area contributed by atoms with Crippen molar-refractivity contribution in [3.8, 4) is 17.2 Å². The van der Waals surface area contributed by atoms with Gasteiger partial charge in [0.1, 0.15) is 5.75 Å². The van der Waals surface area contributed by atoms with E-state index < -0.39 is 0 Å². The smallest absolute Gasteiger partial charge is 0.189 e. The molecule has 6 nitrogen and oxygen atoms in total. The molecule has 2 aromatic rings. The Kier molecular flexibility index (Phi) is 4.82. The van der Waals surface area contributed by atoms with Crippen LogP contribution < -0.4 is 25.3 Å². The summed E-state index contributed by atoms with van der Waals surface area (Å²) in [5, 5.41) is 3.31. The molecule has 2 aromatic carbocycles. The van der Waals surface area contributed by atoms with E-state index in [2.05, 4.69) is 16.4 Å². The van der Waals surface area contributed by atoms with Gasteiger partial charge in [0.05, 0.1) is 32.4 Å². The highest BCUT2D eigenvalue weighted by atomic mass is 16.5. The average Bonchev–Trinajstić information content (AvgIpc) is 2.91. The summed E-state index contributed by atoms with van der Waals surface area (Å²) in [5.74, 6) is 2.91. The van der Waals surface area contributed by atoms with Crippen LogP contribution in [0.4, 0.5) is 0 Å². The molecule has 0 saturated heterocycles. The molecule has 6 heteroatoms. The zero-order valence-electron chi connectivity index (χ0n) is 14.6. The van der Waals surface area contributed by atoms with Gasteiger partial charge in [-0.1, -0.05) is 24.3 Å². The van der Waals surface area contributed by atoms with Crippen molar-refractivity contribution in [3.63, 3.8) is 0 Å². The number of guanidine groups is 1. The normalized spacial score (nSPS) is 19.1. The second-order valence-electron chi connectivity index (χ2n) is 6.40. The summed E-state index contributed by atoms with van der Waals surface area (Å²) in [7, 11) is 0. The predicted molar refractivity (Wildman–Crippen MR) is 99.8 cm³/mol. The first-order valence-electron chi connectivity index (χ1n) is 8.96. The van der Waals surface area contributed by atoms with Gasteiger partial charge in [0.15, 0.2) is 17.5 Å². The number of nitrogens with two attached hydrogens (primary N) is 1. The fourth-order valence-corrected chi connectivity index (χ4v) is 3.20. The van der Waals surface area contributed by atoms with Crippen LogP contribution in [0.15, 0.2) is 47.5 Å². The topological polar surface area (TPSA) is 78.1 Å². The molecule has 1 atom stereocenters.